The molecule has 0 spiro atoms. The molecule has 0 fully saturated rings. The molecule has 12 heteroatoms. The molecule has 2 heterocycles. The molecule has 174 valence electrons. The summed E-state index contributed by atoms with van der Waals surface area (Å²) in [7, 11) is 1.80. The molecule has 1 atom stereocenters. The summed E-state index contributed by atoms with van der Waals surface area (Å²) in [6.07, 6.45) is -4.08. The average molecular weight is 480 g/mol. The van der Waals surface area contributed by atoms with E-state index >= 15 is 0 Å². The molecule has 1 aliphatic rings. The Morgan fingerprint density at radius 3 is 2.61 bits per heavy atom. The number of alkyl halides is 3. The largest absolute Gasteiger partial charge is 0.431 e. The topological polar surface area (TPSA) is 86.7 Å². The number of pyridine rings is 1. The molecule has 1 aromatic carbocycles. The summed E-state index contributed by atoms with van der Waals surface area (Å²) in [5, 5.41) is 9.93. The van der Waals surface area contributed by atoms with Gasteiger partial charge in [-0.3, -0.25) is 9.59 Å². The number of carbonyl (C=O) groups is 2. The number of nitrogens with zero attached hydrogens (tertiary/aromatic N) is 3. The van der Waals surface area contributed by atoms with Crippen LogP contribution in [0.3, 0.4) is 0 Å². The van der Waals surface area contributed by atoms with Crippen molar-refractivity contribution in [3.8, 4) is 0 Å². The average Bonchev–Trinajstić information content (AvgIpc) is 3.15. The van der Waals surface area contributed by atoms with E-state index < -0.39 is 36.2 Å². The molecular formula is C21H22BClF3N5O2. The van der Waals surface area contributed by atoms with Crippen LogP contribution in [-0.2, 0) is 4.79 Å². The number of hydrogen-bond acceptors (Lipinski definition) is 5. The number of hydrogen-bond donors (Lipinski definition) is 2. The highest BCUT2D eigenvalue weighted by molar-refractivity contribution is 6.33. The molecule has 1 unspecified atom stereocenters. The molecule has 33 heavy (non-hydrogen) atoms. The molecule has 1 aromatic heterocycles. The van der Waals surface area contributed by atoms with E-state index in [1.54, 1.807) is 40.8 Å². The fourth-order valence-corrected chi connectivity index (χ4v) is 3.69. The third-order valence-electron chi connectivity index (χ3n) is 4.89. The molecule has 0 aliphatic carbocycles. The summed E-state index contributed by atoms with van der Waals surface area (Å²) in [6.45, 7) is 5.29. The van der Waals surface area contributed by atoms with Gasteiger partial charge in [-0.1, -0.05) is 29.2 Å². The Hall–Kier alpha value is -3.08. The first-order chi connectivity index (χ1) is 15.4. The van der Waals surface area contributed by atoms with E-state index in [0.29, 0.717) is 5.56 Å². The van der Waals surface area contributed by atoms with Gasteiger partial charge in [0.25, 0.3) is 5.91 Å². The van der Waals surface area contributed by atoms with Gasteiger partial charge in [-0.15, -0.1) is 0 Å². The smallest absolute Gasteiger partial charge is 0.350 e. The van der Waals surface area contributed by atoms with Crippen LogP contribution in [0.4, 0.5) is 24.7 Å². The van der Waals surface area contributed by atoms with Crippen LogP contribution in [0.2, 0.25) is 5.02 Å². The molecule has 0 radical (unpaired) electrons. The lowest BCUT2D eigenvalue weighted by atomic mass is 9.90. The minimum Gasteiger partial charge on any atom is -0.350 e. The van der Waals surface area contributed by atoms with Crippen molar-refractivity contribution in [1.29, 1.82) is 0 Å². The number of aryl methyl sites for hydroxylation is 1. The SMILES string of the molecule is Bc1cc(C)c(NC(=O)C2CC(C(F)(F)F)=NN2c2ncccc2Cl)c(C(=O)NC(C)C)c1. The molecular weight excluding hydrogens is 458 g/mol. The first-order valence-electron chi connectivity index (χ1n) is 10.2. The summed E-state index contributed by atoms with van der Waals surface area (Å²) >= 11 is 6.11. The van der Waals surface area contributed by atoms with E-state index in [9.17, 15) is 22.8 Å². The summed E-state index contributed by atoms with van der Waals surface area (Å²) in [5.41, 5.74) is 0.700. The minimum atomic E-state index is -4.73. The van der Waals surface area contributed by atoms with Gasteiger partial charge >= 0.3 is 6.18 Å². The Bertz CT molecular complexity index is 1120. The van der Waals surface area contributed by atoms with Crippen LogP contribution in [0.15, 0.2) is 35.6 Å². The van der Waals surface area contributed by atoms with Gasteiger partial charge in [0.15, 0.2) is 5.82 Å². The van der Waals surface area contributed by atoms with Crippen molar-refractivity contribution in [3.63, 3.8) is 0 Å². The maximum absolute atomic E-state index is 13.4. The zero-order valence-electron chi connectivity index (χ0n) is 18.4. The maximum Gasteiger partial charge on any atom is 0.431 e. The zero-order chi connectivity index (χ0) is 24.5. The molecule has 0 saturated heterocycles. The normalized spacial score (nSPS) is 16.1. The van der Waals surface area contributed by atoms with Crippen molar-refractivity contribution in [3.05, 3.63) is 46.6 Å². The van der Waals surface area contributed by atoms with Crippen LogP contribution in [-0.4, -0.2) is 48.6 Å². The van der Waals surface area contributed by atoms with Crippen molar-refractivity contribution >= 4 is 53.9 Å². The second-order valence-electron chi connectivity index (χ2n) is 8.04. The van der Waals surface area contributed by atoms with Crippen molar-refractivity contribution in [2.45, 2.75) is 45.5 Å². The number of carbonyl (C=O) groups excluding carboxylic acids is 2. The Morgan fingerprint density at radius 1 is 1.30 bits per heavy atom. The lowest BCUT2D eigenvalue weighted by molar-refractivity contribution is -0.117. The Labute approximate surface area is 194 Å². The van der Waals surface area contributed by atoms with Gasteiger partial charge in [-0.2, -0.15) is 18.3 Å². The van der Waals surface area contributed by atoms with E-state index in [1.165, 1.54) is 18.3 Å². The number of nitrogens with one attached hydrogen (secondary N) is 2. The summed E-state index contributed by atoms with van der Waals surface area (Å²) < 4.78 is 40.3. The highest BCUT2D eigenvalue weighted by Gasteiger charge is 2.46. The van der Waals surface area contributed by atoms with E-state index in [4.69, 9.17) is 11.6 Å². The third-order valence-corrected chi connectivity index (χ3v) is 5.18. The van der Waals surface area contributed by atoms with Crippen LogP contribution in [0.25, 0.3) is 0 Å². The number of amides is 2. The second-order valence-corrected chi connectivity index (χ2v) is 8.45. The number of benzene rings is 1. The maximum atomic E-state index is 13.4. The van der Waals surface area contributed by atoms with Gasteiger partial charge < -0.3 is 10.6 Å². The predicted octanol–water partition coefficient (Wildman–Crippen LogP) is 2.58. The number of rotatable bonds is 5. The molecule has 2 amide bonds. The van der Waals surface area contributed by atoms with Crippen LogP contribution < -0.4 is 21.1 Å². The number of aromatic nitrogens is 1. The third kappa shape index (κ3) is 5.47. The lowest BCUT2D eigenvalue weighted by Crippen LogP contribution is -2.40. The summed E-state index contributed by atoms with van der Waals surface area (Å²) in [4.78, 5) is 29.9. The van der Waals surface area contributed by atoms with Crippen LogP contribution in [0.5, 0.6) is 0 Å². The van der Waals surface area contributed by atoms with Crippen molar-refractivity contribution < 1.29 is 22.8 Å². The molecule has 0 saturated carbocycles. The molecule has 7 nitrogen and oxygen atoms in total. The molecule has 2 aromatic rings. The van der Waals surface area contributed by atoms with Gasteiger partial charge in [0, 0.05) is 18.7 Å². The first-order valence-corrected chi connectivity index (χ1v) is 10.5. The Kier molecular flexibility index (Phi) is 7.01. The van der Waals surface area contributed by atoms with Gasteiger partial charge in [0.2, 0.25) is 5.91 Å². The number of hydrazone groups is 1. The molecule has 3 rings (SSSR count). The van der Waals surface area contributed by atoms with E-state index in [1.807, 2.05) is 0 Å². The van der Waals surface area contributed by atoms with Gasteiger partial charge in [-0.05, 0) is 38.5 Å². The number of halogens is 4. The van der Waals surface area contributed by atoms with Crippen molar-refractivity contribution in [1.82, 2.24) is 10.3 Å². The van der Waals surface area contributed by atoms with Crippen LogP contribution >= 0.6 is 11.6 Å². The van der Waals surface area contributed by atoms with E-state index in [2.05, 4.69) is 20.7 Å². The molecule has 1 aliphatic heterocycles. The summed E-state index contributed by atoms with van der Waals surface area (Å²) in [5.74, 6) is -1.25. The number of anilines is 2. The van der Waals surface area contributed by atoms with Gasteiger partial charge in [0.1, 0.15) is 19.6 Å². The summed E-state index contributed by atoms with van der Waals surface area (Å²) in [6, 6.07) is 4.82. The predicted molar refractivity (Wildman–Crippen MR) is 124 cm³/mol. The fraction of sp³-hybridized carbons (Fsp3) is 0.333. The first kappa shape index (κ1) is 24.6. The minimum absolute atomic E-state index is 0.0472. The van der Waals surface area contributed by atoms with Gasteiger partial charge in [0.05, 0.1) is 16.3 Å². The fourth-order valence-electron chi connectivity index (χ4n) is 3.49. The quantitative estimate of drug-likeness (QED) is 0.646. The highest BCUT2D eigenvalue weighted by Crippen LogP contribution is 2.34. The monoisotopic (exact) mass is 479 g/mol. The standard InChI is InChI=1S/C21H22BClF3N5O2/c1-10(2)28-19(32)13-8-12(22)7-11(3)17(13)29-20(33)15-9-16(21(24,25)26)30-31(15)18-14(23)5-4-6-27-18/h4-8,10,15H,9,22H2,1-3H3,(H,28,32)(H,29,33). The molecule has 2 N–H and O–H groups in total. The lowest BCUT2D eigenvalue weighted by Gasteiger charge is -2.24. The Balaban J connectivity index is 1.98. The van der Waals surface area contributed by atoms with E-state index in [0.717, 1.165) is 10.5 Å². The Morgan fingerprint density at radius 2 is 2.00 bits per heavy atom. The van der Waals surface area contributed by atoms with Gasteiger partial charge in [-0.25, -0.2) is 9.99 Å². The van der Waals surface area contributed by atoms with Crippen molar-refractivity contribution in [2.75, 3.05) is 10.3 Å². The molecule has 0 bridgehead atoms. The van der Waals surface area contributed by atoms with E-state index in [-0.39, 0.29) is 28.1 Å². The van der Waals surface area contributed by atoms with Crippen LogP contribution in [0, 0.1) is 6.92 Å². The van der Waals surface area contributed by atoms with Crippen LogP contribution in [0.1, 0.15) is 36.2 Å². The second kappa shape index (κ2) is 9.42. The zero-order valence-corrected chi connectivity index (χ0v) is 19.2. The highest BCUT2D eigenvalue weighted by atomic mass is 35.5. The van der Waals surface area contributed by atoms with Crippen molar-refractivity contribution in [2.24, 2.45) is 5.10 Å².